The molecule has 1 aliphatic carbocycles. The smallest absolute Gasteiger partial charge is 0.330 e. The first kappa shape index (κ1) is 13.1. The Kier molecular flexibility index (Phi) is 2.50. The summed E-state index contributed by atoms with van der Waals surface area (Å²) in [4.78, 5) is 0. The zero-order valence-electron chi connectivity index (χ0n) is 11.2. The fraction of sp³-hybridized carbons (Fsp3) is 0.385. The molecule has 3 N–H and O–H groups in total. The number of aliphatic hydroxyl groups excluding tert-OH is 1. The summed E-state index contributed by atoms with van der Waals surface area (Å²) in [5.74, 6) is -0.619. The average Bonchev–Trinajstić information content (AvgIpc) is 2.73. The first-order valence-corrected chi connectivity index (χ1v) is 7.70. The van der Waals surface area contributed by atoms with Crippen molar-refractivity contribution < 1.29 is 18.6 Å². The number of nitrogens with one attached hydrogen (secondary N) is 1. The van der Waals surface area contributed by atoms with Crippen LogP contribution in [0.3, 0.4) is 0 Å². The van der Waals surface area contributed by atoms with E-state index < -0.39 is 16.1 Å². The fourth-order valence-electron chi connectivity index (χ4n) is 2.86. The van der Waals surface area contributed by atoms with Crippen molar-refractivity contribution in [2.24, 2.45) is 5.41 Å². The highest BCUT2D eigenvalue weighted by Gasteiger charge is 2.35. The molecule has 2 aliphatic rings. The van der Waals surface area contributed by atoms with E-state index in [1.54, 1.807) is 12.1 Å². The maximum absolute atomic E-state index is 11.8. The third-order valence-corrected chi connectivity index (χ3v) is 4.92. The van der Waals surface area contributed by atoms with Crippen molar-refractivity contribution in [3.05, 3.63) is 35.3 Å². The van der Waals surface area contributed by atoms with Gasteiger partial charge in [-0.3, -0.25) is 4.72 Å². The second kappa shape index (κ2) is 3.82. The molecule has 0 atom stereocenters. The number of phenols is 1. The summed E-state index contributed by atoms with van der Waals surface area (Å²) in [7, 11) is -3.88. The van der Waals surface area contributed by atoms with Gasteiger partial charge in [-0.2, -0.15) is 12.7 Å². The first-order chi connectivity index (χ1) is 9.20. The van der Waals surface area contributed by atoms with Gasteiger partial charge in [0.05, 0.1) is 6.20 Å². The highest BCUT2D eigenvalue weighted by atomic mass is 32.2. The molecule has 108 valence electrons. The summed E-state index contributed by atoms with van der Waals surface area (Å²) >= 11 is 0. The number of anilines is 1. The van der Waals surface area contributed by atoms with Crippen LogP contribution in [0.15, 0.2) is 24.2 Å². The van der Waals surface area contributed by atoms with Gasteiger partial charge in [0.15, 0.2) is 0 Å². The second-order valence-electron chi connectivity index (χ2n) is 6.02. The van der Waals surface area contributed by atoms with E-state index in [1.807, 2.05) is 0 Å². The fourth-order valence-corrected chi connectivity index (χ4v) is 3.93. The Bertz CT molecular complexity index is 722. The van der Waals surface area contributed by atoms with Crippen LogP contribution in [0, 0.1) is 5.41 Å². The van der Waals surface area contributed by atoms with E-state index in [0.29, 0.717) is 4.31 Å². The quantitative estimate of drug-likeness (QED) is 0.733. The van der Waals surface area contributed by atoms with E-state index in [-0.39, 0.29) is 16.9 Å². The van der Waals surface area contributed by atoms with E-state index in [0.717, 1.165) is 30.2 Å². The van der Waals surface area contributed by atoms with Crippen LogP contribution in [0.2, 0.25) is 0 Å². The molecule has 1 heterocycles. The van der Waals surface area contributed by atoms with Gasteiger partial charge >= 0.3 is 10.2 Å². The lowest BCUT2D eigenvalue weighted by atomic mass is 9.90. The van der Waals surface area contributed by atoms with E-state index in [2.05, 4.69) is 18.6 Å². The zero-order chi connectivity index (χ0) is 14.7. The first-order valence-electron chi connectivity index (χ1n) is 6.26. The molecule has 1 aliphatic heterocycles. The van der Waals surface area contributed by atoms with Crippen molar-refractivity contribution >= 4 is 15.9 Å². The van der Waals surface area contributed by atoms with Crippen molar-refractivity contribution in [3.63, 3.8) is 0 Å². The van der Waals surface area contributed by atoms with Gasteiger partial charge in [-0.1, -0.05) is 13.8 Å². The topological polar surface area (TPSA) is 89.9 Å². The summed E-state index contributed by atoms with van der Waals surface area (Å²) in [6, 6.07) is 3.22. The van der Waals surface area contributed by atoms with Crippen molar-refractivity contribution in [3.8, 4) is 5.75 Å². The molecule has 1 aromatic rings. The van der Waals surface area contributed by atoms with Crippen LogP contribution >= 0.6 is 0 Å². The molecule has 0 amide bonds. The van der Waals surface area contributed by atoms with Crippen molar-refractivity contribution in [1.82, 2.24) is 4.72 Å². The monoisotopic (exact) mass is 296 g/mol. The van der Waals surface area contributed by atoms with Gasteiger partial charge in [0.1, 0.15) is 11.4 Å². The molecular formula is C13H16N2O4S. The molecule has 6 nitrogen and oxygen atoms in total. The third-order valence-electron chi connectivity index (χ3n) is 3.64. The summed E-state index contributed by atoms with van der Waals surface area (Å²) < 4.78 is 26.5. The van der Waals surface area contributed by atoms with Gasteiger partial charge in [0.2, 0.25) is 5.88 Å². The van der Waals surface area contributed by atoms with Crippen molar-refractivity contribution in [2.45, 2.75) is 26.7 Å². The molecule has 0 fully saturated rings. The summed E-state index contributed by atoms with van der Waals surface area (Å²) in [6.07, 6.45) is 2.62. The molecule has 7 heteroatoms. The number of aliphatic hydroxyl groups is 1. The van der Waals surface area contributed by atoms with E-state index in [4.69, 9.17) is 0 Å². The van der Waals surface area contributed by atoms with E-state index in [9.17, 15) is 18.6 Å². The molecule has 0 saturated heterocycles. The Balaban J connectivity index is 2.12. The van der Waals surface area contributed by atoms with Gasteiger partial charge in [0.25, 0.3) is 0 Å². The molecule has 3 rings (SSSR count). The predicted molar refractivity (Wildman–Crippen MR) is 74.5 cm³/mol. The summed E-state index contributed by atoms with van der Waals surface area (Å²) in [5.41, 5.74) is 2.18. The van der Waals surface area contributed by atoms with Crippen LogP contribution in [0.4, 0.5) is 5.69 Å². The van der Waals surface area contributed by atoms with Gasteiger partial charge in [-0.05, 0) is 41.5 Å². The minimum absolute atomic E-state index is 0.0696. The van der Waals surface area contributed by atoms with Gasteiger partial charge in [-0.15, -0.1) is 0 Å². The second-order valence-corrected chi connectivity index (χ2v) is 7.57. The van der Waals surface area contributed by atoms with Gasteiger partial charge in [0, 0.05) is 0 Å². The summed E-state index contributed by atoms with van der Waals surface area (Å²) in [5, 5.41) is 19.8. The number of hydrogen-bond donors (Lipinski definition) is 3. The minimum atomic E-state index is -3.88. The number of fused-ring (bicyclic) bond motifs is 1. The third kappa shape index (κ3) is 1.89. The molecular weight excluding hydrogens is 280 g/mol. The van der Waals surface area contributed by atoms with Crippen LogP contribution in [-0.2, 0) is 23.1 Å². The van der Waals surface area contributed by atoms with E-state index >= 15 is 0 Å². The maximum atomic E-state index is 11.8. The molecule has 1 aromatic carbocycles. The minimum Gasteiger partial charge on any atom is -0.506 e. The lowest BCUT2D eigenvalue weighted by Crippen LogP contribution is -2.31. The Hall–Kier alpha value is -1.89. The zero-order valence-corrected chi connectivity index (χ0v) is 12.0. The van der Waals surface area contributed by atoms with Crippen LogP contribution in [-0.4, -0.2) is 18.6 Å². The van der Waals surface area contributed by atoms with E-state index in [1.165, 1.54) is 0 Å². The van der Waals surface area contributed by atoms with Crippen LogP contribution in [0.5, 0.6) is 5.75 Å². The maximum Gasteiger partial charge on any atom is 0.330 e. The number of nitrogens with zero attached hydrogens (tertiary/aromatic N) is 1. The number of phenolic OH excluding ortho intramolecular Hbond substituents is 1. The molecule has 0 unspecified atom stereocenters. The van der Waals surface area contributed by atoms with Gasteiger partial charge in [-0.25, -0.2) is 0 Å². The molecule has 0 radical (unpaired) electrons. The Labute approximate surface area is 117 Å². The lowest BCUT2D eigenvalue weighted by molar-refractivity contribution is 0.392. The summed E-state index contributed by atoms with van der Waals surface area (Å²) in [6.45, 7) is 4.24. The molecule has 20 heavy (non-hydrogen) atoms. The molecule has 0 aromatic heterocycles. The molecule has 0 saturated carbocycles. The SMILES string of the molecule is CC1(C)Cc2cc(O)c(N3C(O)=CNS3(=O)=O)cc2C1. The Morgan fingerprint density at radius 1 is 1.20 bits per heavy atom. The number of benzene rings is 1. The highest BCUT2D eigenvalue weighted by molar-refractivity contribution is 7.91. The largest absolute Gasteiger partial charge is 0.506 e. The normalized spacial score (nSPS) is 22.3. The van der Waals surface area contributed by atoms with Crippen LogP contribution < -0.4 is 9.03 Å². The average molecular weight is 296 g/mol. The van der Waals surface area contributed by atoms with Crippen molar-refractivity contribution in [1.29, 1.82) is 0 Å². The number of rotatable bonds is 1. The Morgan fingerprint density at radius 2 is 1.80 bits per heavy atom. The van der Waals surface area contributed by atoms with Crippen molar-refractivity contribution in [2.75, 3.05) is 4.31 Å². The van der Waals surface area contributed by atoms with Gasteiger partial charge < -0.3 is 10.2 Å². The highest BCUT2D eigenvalue weighted by Crippen LogP contribution is 2.43. The number of aromatic hydroxyl groups is 1. The standard InChI is InChI=1S/C13H16N2O4S/c1-13(2)5-8-3-10(11(16)4-9(8)6-13)15-12(17)7-14-20(15,18)19/h3-4,7,14,16-17H,5-6H2,1-2H3. The predicted octanol–water partition coefficient (Wildman–Crippen LogP) is 1.53. The number of hydrogen-bond acceptors (Lipinski definition) is 4. The van der Waals surface area contributed by atoms with Crippen LogP contribution in [0.25, 0.3) is 0 Å². The van der Waals surface area contributed by atoms with Crippen LogP contribution in [0.1, 0.15) is 25.0 Å². The lowest BCUT2D eigenvalue weighted by Gasteiger charge is -2.18. The molecule has 0 bridgehead atoms. The molecule has 0 spiro atoms. The Morgan fingerprint density at radius 3 is 2.35 bits per heavy atom.